The lowest BCUT2D eigenvalue weighted by Gasteiger charge is -2.16. The van der Waals surface area contributed by atoms with Gasteiger partial charge in [-0.2, -0.15) is 0 Å². The molecule has 7 heteroatoms. The number of methoxy groups -OCH3 is 1. The highest BCUT2D eigenvalue weighted by atomic mass is 32.2. The van der Waals surface area contributed by atoms with Crippen LogP contribution in [0.3, 0.4) is 0 Å². The van der Waals surface area contributed by atoms with Gasteiger partial charge in [0.25, 0.3) is 0 Å². The SMILES string of the molecule is COC(CS(=O)(=O)Nc1ncnc2cccc(C)c12)C1CC1. The predicted molar refractivity (Wildman–Crippen MR) is 85.2 cm³/mol. The Morgan fingerprint density at radius 1 is 1.36 bits per heavy atom. The van der Waals surface area contributed by atoms with Gasteiger partial charge >= 0.3 is 0 Å². The molecule has 0 spiro atoms. The first-order chi connectivity index (χ1) is 10.5. The number of nitrogens with zero attached hydrogens (tertiary/aromatic N) is 2. The monoisotopic (exact) mass is 321 g/mol. The van der Waals surface area contributed by atoms with E-state index in [1.165, 1.54) is 6.33 Å². The summed E-state index contributed by atoms with van der Waals surface area (Å²) in [7, 11) is -1.97. The molecule has 3 rings (SSSR count). The van der Waals surface area contributed by atoms with Gasteiger partial charge in [-0.15, -0.1) is 0 Å². The molecule has 1 atom stereocenters. The van der Waals surface area contributed by atoms with Crippen LogP contribution < -0.4 is 4.72 Å². The summed E-state index contributed by atoms with van der Waals surface area (Å²) in [5, 5.41) is 0.731. The van der Waals surface area contributed by atoms with E-state index in [2.05, 4.69) is 14.7 Å². The standard InChI is InChI=1S/C15H19N3O3S/c1-10-4-3-5-12-14(10)15(17-9-16-12)18-22(19,20)8-13(21-2)11-6-7-11/h3-5,9,11,13H,6-8H2,1-2H3,(H,16,17,18). The molecule has 1 saturated carbocycles. The molecule has 0 amide bonds. The lowest BCUT2D eigenvalue weighted by atomic mass is 10.1. The van der Waals surface area contributed by atoms with Crippen LogP contribution in [0.2, 0.25) is 0 Å². The number of anilines is 1. The van der Waals surface area contributed by atoms with E-state index in [0.29, 0.717) is 11.7 Å². The smallest absolute Gasteiger partial charge is 0.236 e. The number of hydrogen-bond donors (Lipinski definition) is 1. The molecule has 22 heavy (non-hydrogen) atoms. The van der Waals surface area contributed by atoms with Gasteiger partial charge in [0.05, 0.1) is 17.4 Å². The third kappa shape index (κ3) is 3.20. The molecular weight excluding hydrogens is 302 g/mol. The van der Waals surface area contributed by atoms with Gasteiger partial charge in [0, 0.05) is 12.5 Å². The summed E-state index contributed by atoms with van der Waals surface area (Å²) in [4.78, 5) is 8.28. The maximum Gasteiger partial charge on any atom is 0.236 e. The van der Waals surface area contributed by atoms with Crippen molar-refractivity contribution in [3.63, 3.8) is 0 Å². The van der Waals surface area contributed by atoms with E-state index in [-0.39, 0.29) is 11.9 Å². The lowest BCUT2D eigenvalue weighted by Crippen LogP contribution is -2.29. The zero-order chi connectivity index (χ0) is 15.7. The molecule has 6 nitrogen and oxygen atoms in total. The van der Waals surface area contributed by atoms with Crippen molar-refractivity contribution >= 4 is 26.7 Å². The van der Waals surface area contributed by atoms with Gasteiger partial charge in [0.2, 0.25) is 10.0 Å². The molecule has 1 heterocycles. The molecule has 1 fully saturated rings. The Labute approximate surface area is 130 Å². The number of aryl methyl sites for hydroxylation is 1. The average Bonchev–Trinajstić information content (AvgIpc) is 3.29. The molecule has 1 N–H and O–H groups in total. The van der Waals surface area contributed by atoms with Crippen LogP contribution in [-0.4, -0.2) is 37.4 Å². The zero-order valence-corrected chi connectivity index (χ0v) is 13.4. The molecule has 0 saturated heterocycles. The topological polar surface area (TPSA) is 81.2 Å². The average molecular weight is 321 g/mol. The van der Waals surface area contributed by atoms with Crippen LogP contribution in [-0.2, 0) is 14.8 Å². The number of ether oxygens (including phenoxy) is 1. The van der Waals surface area contributed by atoms with Crippen LogP contribution >= 0.6 is 0 Å². The van der Waals surface area contributed by atoms with Crippen molar-refractivity contribution in [3.05, 3.63) is 30.1 Å². The van der Waals surface area contributed by atoms with E-state index < -0.39 is 10.0 Å². The van der Waals surface area contributed by atoms with Crippen molar-refractivity contribution in [2.45, 2.75) is 25.9 Å². The van der Waals surface area contributed by atoms with Crippen LogP contribution in [0.25, 0.3) is 10.9 Å². The Kier molecular flexibility index (Phi) is 4.01. The summed E-state index contributed by atoms with van der Waals surface area (Å²) >= 11 is 0. The maximum absolute atomic E-state index is 12.4. The number of benzene rings is 1. The molecular formula is C15H19N3O3S. The largest absolute Gasteiger partial charge is 0.380 e. The lowest BCUT2D eigenvalue weighted by molar-refractivity contribution is 0.103. The number of fused-ring (bicyclic) bond motifs is 1. The van der Waals surface area contributed by atoms with Crippen molar-refractivity contribution in [2.24, 2.45) is 5.92 Å². The summed E-state index contributed by atoms with van der Waals surface area (Å²) in [6, 6.07) is 5.63. The summed E-state index contributed by atoms with van der Waals surface area (Å²) in [5.41, 5.74) is 1.65. The molecule has 1 unspecified atom stereocenters. The normalized spacial score (nSPS) is 16.6. The zero-order valence-electron chi connectivity index (χ0n) is 12.6. The Hall–Kier alpha value is -1.73. The van der Waals surface area contributed by atoms with E-state index in [1.54, 1.807) is 7.11 Å². The van der Waals surface area contributed by atoms with Gasteiger partial charge in [-0.3, -0.25) is 4.72 Å². The highest BCUT2D eigenvalue weighted by Crippen LogP contribution is 2.35. The Morgan fingerprint density at radius 3 is 2.82 bits per heavy atom. The van der Waals surface area contributed by atoms with Crippen LogP contribution in [0.1, 0.15) is 18.4 Å². The fourth-order valence-electron chi connectivity index (χ4n) is 2.63. The summed E-state index contributed by atoms with van der Waals surface area (Å²) in [6.45, 7) is 1.91. The quantitative estimate of drug-likeness (QED) is 0.881. The van der Waals surface area contributed by atoms with Crippen molar-refractivity contribution in [3.8, 4) is 0 Å². The molecule has 0 radical (unpaired) electrons. The van der Waals surface area contributed by atoms with Gasteiger partial charge in [0.15, 0.2) is 5.82 Å². The van der Waals surface area contributed by atoms with E-state index in [9.17, 15) is 8.42 Å². The number of rotatable bonds is 6. The Balaban J connectivity index is 1.89. The van der Waals surface area contributed by atoms with E-state index in [4.69, 9.17) is 4.74 Å². The number of sulfonamides is 1. The second-order valence-electron chi connectivity index (χ2n) is 5.69. The maximum atomic E-state index is 12.4. The second-order valence-corrected chi connectivity index (χ2v) is 7.45. The first-order valence-electron chi connectivity index (χ1n) is 7.24. The Morgan fingerprint density at radius 2 is 2.14 bits per heavy atom. The van der Waals surface area contributed by atoms with Crippen LogP contribution in [0, 0.1) is 12.8 Å². The molecule has 2 aromatic rings. The highest BCUT2D eigenvalue weighted by Gasteiger charge is 2.34. The van der Waals surface area contributed by atoms with Gasteiger partial charge in [-0.05, 0) is 37.3 Å². The van der Waals surface area contributed by atoms with E-state index >= 15 is 0 Å². The van der Waals surface area contributed by atoms with Gasteiger partial charge in [-0.1, -0.05) is 12.1 Å². The highest BCUT2D eigenvalue weighted by molar-refractivity contribution is 7.92. The Bertz CT molecular complexity index is 782. The summed E-state index contributed by atoms with van der Waals surface area (Å²) < 4.78 is 32.7. The summed E-state index contributed by atoms with van der Waals surface area (Å²) in [6.07, 6.45) is 3.17. The van der Waals surface area contributed by atoms with Gasteiger partial charge in [-0.25, -0.2) is 18.4 Å². The third-order valence-corrected chi connectivity index (χ3v) is 5.23. The number of aromatic nitrogens is 2. The van der Waals surface area contributed by atoms with Gasteiger partial charge < -0.3 is 4.74 Å². The molecule has 118 valence electrons. The predicted octanol–water partition coefficient (Wildman–Crippen LogP) is 2.10. The van der Waals surface area contributed by atoms with Crippen LogP contribution in [0.15, 0.2) is 24.5 Å². The summed E-state index contributed by atoms with van der Waals surface area (Å²) in [5.74, 6) is 0.630. The number of hydrogen-bond acceptors (Lipinski definition) is 5. The molecule has 0 bridgehead atoms. The van der Waals surface area contributed by atoms with Crippen molar-refractivity contribution < 1.29 is 13.2 Å². The fourth-order valence-corrected chi connectivity index (χ4v) is 4.00. The first-order valence-corrected chi connectivity index (χ1v) is 8.89. The van der Waals surface area contributed by atoms with Gasteiger partial charge in [0.1, 0.15) is 6.33 Å². The third-order valence-electron chi connectivity index (χ3n) is 3.96. The van der Waals surface area contributed by atoms with Crippen molar-refractivity contribution in [2.75, 3.05) is 17.6 Å². The van der Waals surface area contributed by atoms with Crippen LogP contribution in [0.4, 0.5) is 5.82 Å². The second kappa shape index (κ2) is 5.81. The minimum Gasteiger partial charge on any atom is -0.380 e. The molecule has 0 aliphatic heterocycles. The van der Waals surface area contributed by atoms with E-state index in [0.717, 1.165) is 29.3 Å². The molecule has 1 aromatic carbocycles. The number of nitrogens with one attached hydrogen (secondary N) is 1. The van der Waals surface area contributed by atoms with Crippen LogP contribution in [0.5, 0.6) is 0 Å². The fraction of sp³-hybridized carbons (Fsp3) is 0.467. The molecule has 1 aromatic heterocycles. The van der Waals surface area contributed by atoms with E-state index in [1.807, 2.05) is 25.1 Å². The van der Waals surface area contributed by atoms with Crippen molar-refractivity contribution in [1.82, 2.24) is 9.97 Å². The van der Waals surface area contributed by atoms with Crippen molar-refractivity contribution in [1.29, 1.82) is 0 Å². The minimum absolute atomic E-state index is 0.0501. The first kappa shape index (κ1) is 15.2. The minimum atomic E-state index is -3.52. The molecule has 1 aliphatic rings. The molecule has 1 aliphatic carbocycles.